The second kappa shape index (κ2) is 4.63. The first-order valence-corrected chi connectivity index (χ1v) is 7.72. The Labute approximate surface area is 99.0 Å². The molecule has 0 aromatic carbocycles. The largest absolute Gasteiger partial charge is 0.330 e. The van der Waals surface area contributed by atoms with Crippen molar-refractivity contribution < 1.29 is 8.42 Å². The SMILES string of the molecule is CC1(C)CC[C@@](CN)(CCNS(C)(=O)=O)C1. The van der Waals surface area contributed by atoms with Crippen molar-refractivity contribution >= 4 is 10.0 Å². The van der Waals surface area contributed by atoms with Gasteiger partial charge in [0.15, 0.2) is 0 Å². The maximum Gasteiger partial charge on any atom is 0.208 e. The Balaban J connectivity index is 2.50. The molecule has 0 unspecified atom stereocenters. The highest BCUT2D eigenvalue weighted by Gasteiger charge is 2.41. The molecule has 1 aliphatic carbocycles. The fourth-order valence-corrected chi connectivity index (χ4v) is 3.26. The molecule has 1 atom stereocenters. The van der Waals surface area contributed by atoms with E-state index in [9.17, 15) is 8.42 Å². The Morgan fingerprint density at radius 1 is 1.31 bits per heavy atom. The quantitative estimate of drug-likeness (QED) is 0.764. The van der Waals surface area contributed by atoms with Gasteiger partial charge in [0, 0.05) is 6.54 Å². The molecule has 0 aromatic rings. The Hall–Kier alpha value is -0.130. The van der Waals surface area contributed by atoms with E-state index in [1.807, 2.05) is 0 Å². The lowest BCUT2D eigenvalue weighted by molar-refractivity contribution is 0.245. The minimum Gasteiger partial charge on any atom is -0.330 e. The summed E-state index contributed by atoms with van der Waals surface area (Å²) < 4.78 is 24.5. The first-order chi connectivity index (χ1) is 7.18. The predicted octanol–water partition coefficient (Wildman–Crippen LogP) is 1.08. The molecular weight excluding hydrogens is 224 g/mol. The molecular formula is C11H24N2O2S. The number of hydrogen-bond donors (Lipinski definition) is 2. The summed E-state index contributed by atoms with van der Waals surface area (Å²) in [6, 6.07) is 0. The highest BCUT2D eigenvalue weighted by molar-refractivity contribution is 7.88. The van der Waals surface area contributed by atoms with Crippen LogP contribution in [0.15, 0.2) is 0 Å². The summed E-state index contributed by atoms with van der Waals surface area (Å²) in [6.45, 7) is 5.68. The summed E-state index contributed by atoms with van der Waals surface area (Å²) in [4.78, 5) is 0. The molecule has 5 heteroatoms. The predicted molar refractivity (Wildman–Crippen MR) is 66.6 cm³/mol. The molecule has 0 bridgehead atoms. The van der Waals surface area contributed by atoms with Crippen molar-refractivity contribution in [3.8, 4) is 0 Å². The molecule has 0 saturated heterocycles. The molecule has 0 heterocycles. The van der Waals surface area contributed by atoms with E-state index in [-0.39, 0.29) is 5.41 Å². The molecule has 0 aliphatic heterocycles. The molecule has 4 nitrogen and oxygen atoms in total. The average Bonchev–Trinajstić information content (AvgIpc) is 2.41. The summed E-state index contributed by atoms with van der Waals surface area (Å²) in [5.74, 6) is 0. The number of hydrogen-bond acceptors (Lipinski definition) is 3. The summed E-state index contributed by atoms with van der Waals surface area (Å²) in [6.07, 6.45) is 5.44. The third-order valence-electron chi connectivity index (χ3n) is 3.64. The summed E-state index contributed by atoms with van der Waals surface area (Å²) in [5.41, 5.74) is 6.35. The van der Waals surface area contributed by atoms with Gasteiger partial charge in [-0.2, -0.15) is 0 Å². The minimum absolute atomic E-state index is 0.140. The van der Waals surface area contributed by atoms with Crippen molar-refractivity contribution in [2.45, 2.75) is 39.5 Å². The first kappa shape index (κ1) is 13.9. The van der Waals surface area contributed by atoms with E-state index in [2.05, 4.69) is 18.6 Å². The van der Waals surface area contributed by atoms with Crippen LogP contribution in [0.3, 0.4) is 0 Å². The summed E-state index contributed by atoms with van der Waals surface area (Å²) in [5, 5.41) is 0. The fourth-order valence-electron chi connectivity index (χ4n) is 2.79. The van der Waals surface area contributed by atoms with Crippen LogP contribution < -0.4 is 10.5 Å². The van der Waals surface area contributed by atoms with Crippen LogP contribution in [0.4, 0.5) is 0 Å². The van der Waals surface area contributed by atoms with E-state index in [0.717, 1.165) is 19.3 Å². The lowest BCUT2D eigenvalue weighted by Crippen LogP contribution is -2.34. The molecule has 16 heavy (non-hydrogen) atoms. The van der Waals surface area contributed by atoms with Crippen molar-refractivity contribution in [1.82, 2.24) is 4.72 Å². The van der Waals surface area contributed by atoms with Crippen LogP contribution in [0, 0.1) is 10.8 Å². The number of sulfonamides is 1. The molecule has 0 aromatic heterocycles. The van der Waals surface area contributed by atoms with E-state index in [0.29, 0.717) is 18.5 Å². The average molecular weight is 248 g/mol. The van der Waals surface area contributed by atoms with E-state index in [1.54, 1.807) is 0 Å². The Morgan fingerprint density at radius 2 is 1.94 bits per heavy atom. The normalized spacial score (nSPS) is 29.5. The van der Waals surface area contributed by atoms with Gasteiger partial charge in [-0.15, -0.1) is 0 Å². The summed E-state index contributed by atoms with van der Waals surface area (Å²) >= 11 is 0. The van der Waals surface area contributed by atoms with Crippen LogP contribution in [0.1, 0.15) is 39.5 Å². The standard InChI is InChI=1S/C11H24N2O2S/c1-10(2)4-5-11(8-10,9-12)6-7-13-16(3,14)15/h13H,4-9,12H2,1-3H3/t11-/m1/s1. The highest BCUT2D eigenvalue weighted by Crippen LogP contribution is 2.50. The van der Waals surface area contributed by atoms with Crippen molar-refractivity contribution in [3.63, 3.8) is 0 Å². The van der Waals surface area contributed by atoms with Crippen LogP contribution in [-0.2, 0) is 10.0 Å². The van der Waals surface area contributed by atoms with Gasteiger partial charge in [-0.3, -0.25) is 0 Å². The first-order valence-electron chi connectivity index (χ1n) is 5.83. The molecule has 96 valence electrons. The monoisotopic (exact) mass is 248 g/mol. The van der Waals surface area contributed by atoms with Crippen LogP contribution in [0.25, 0.3) is 0 Å². The zero-order valence-corrected chi connectivity index (χ0v) is 11.4. The van der Waals surface area contributed by atoms with Crippen LogP contribution >= 0.6 is 0 Å². The number of rotatable bonds is 5. The van der Waals surface area contributed by atoms with Crippen LogP contribution in [0.2, 0.25) is 0 Å². The molecule has 1 fully saturated rings. The van der Waals surface area contributed by atoms with Gasteiger partial charge in [-0.25, -0.2) is 13.1 Å². The lowest BCUT2D eigenvalue weighted by Gasteiger charge is -2.29. The van der Waals surface area contributed by atoms with E-state index < -0.39 is 10.0 Å². The van der Waals surface area contributed by atoms with Gasteiger partial charge >= 0.3 is 0 Å². The maximum absolute atomic E-state index is 11.0. The van der Waals surface area contributed by atoms with Crippen LogP contribution in [0.5, 0.6) is 0 Å². The van der Waals surface area contributed by atoms with Gasteiger partial charge in [0.1, 0.15) is 0 Å². The number of nitrogens with one attached hydrogen (secondary N) is 1. The van der Waals surface area contributed by atoms with Gasteiger partial charge in [0.2, 0.25) is 10.0 Å². The van der Waals surface area contributed by atoms with E-state index in [1.165, 1.54) is 12.7 Å². The molecule has 1 saturated carbocycles. The smallest absolute Gasteiger partial charge is 0.208 e. The third kappa shape index (κ3) is 4.03. The Morgan fingerprint density at radius 3 is 2.31 bits per heavy atom. The lowest BCUT2D eigenvalue weighted by atomic mass is 9.79. The second-order valence-corrected chi connectivity index (χ2v) is 7.79. The van der Waals surface area contributed by atoms with Crippen molar-refractivity contribution in [1.29, 1.82) is 0 Å². The van der Waals surface area contributed by atoms with Gasteiger partial charge in [-0.1, -0.05) is 13.8 Å². The highest BCUT2D eigenvalue weighted by atomic mass is 32.2. The van der Waals surface area contributed by atoms with E-state index in [4.69, 9.17) is 5.73 Å². The van der Waals surface area contributed by atoms with Gasteiger partial charge in [-0.05, 0) is 43.1 Å². The van der Waals surface area contributed by atoms with Crippen LogP contribution in [-0.4, -0.2) is 27.8 Å². The molecule has 0 amide bonds. The molecule has 0 spiro atoms. The topological polar surface area (TPSA) is 72.2 Å². The molecule has 1 aliphatic rings. The van der Waals surface area contributed by atoms with Gasteiger partial charge < -0.3 is 5.73 Å². The third-order valence-corrected chi connectivity index (χ3v) is 4.37. The van der Waals surface area contributed by atoms with Gasteiger partial charge in [0.05, 0.1) is 6.26 Å². The Kier molecular flexibility index (Phi) is 4.03. The molecule has 3 N–H and O–H groups in total. The minimum atomic E-state index is -3.07. The van der Waals surface area contributed by atoms with Crippen molar-refractivity contribution in [2.24, 2.45) is 16.6 Å². The second-order valence-electron chi connectivity index (χ2n) is 5.96. The van der Waals surface area contributed by atoms with E-state index >= 15 is 0 Å². The maximum atomic E-state index is 11.0. The van der Waals surface area contributed by atoms with Crippen molar-refractivity contribution in [3.05, 3.63) is 0 Å². The zero-order valence-electron chi connectivity index (χ0n) is 10.5. The fraction of sp³-hybridized carbons (Fsp3) is 1.00. The molecule has 1 rings (SSSR count). The zero-order chi connectivity index (χ0) is 12.4. The number of nitrogens with two attached hydrogens (primary N) is 1. The van der Waals surface area contributed by atoms with Crippen molar-refractivity contribution in [2.75, 3.05) is 19.3 Å². The van der Waals surface area contributed by atoms with Gasteiger partial charge in [0.25, 0.3) is 0 Å². The summed E-state index contributed by atoms with van der Waals surface area (Å²) in [7, 11) is -3.07. The molecule has 0 radical (unpaired) electrons. The Bertz CT molecular complexity index is 338.